The van der Waals surface area contributed by atoms with Crippen LogP contribution in [-0.2, 0) is 10.0 Å². The highest BCUT2D eigenvalue weighted by Gasteiger charge is 2.29. The molecule has 0 spiro atoms. The lowest BCUT2D eigenvalue weighted by Gasteiger charge is -2.26. The quantitative estimate of drug-likeness (QED) is 0.719. The molecule has 2 aliphatic rings. The van der Waals surface area contributed by atoms with Crippen LogP contribution >= 0.6 is 11.6 Å². The van der Waals surface area contributed by atoms with Crippen molar-refractivity contribution < 1.29 is 13.2 Å². The summed E-state index contributed by atoms with van der Waals surface area (Å²) in [5.41, 5.74) is 0.360. The minimum absolute atomic E-state index is 0.0323. The molecule has 1 aromatic carbocycles. The van der Waals surface area contributed by atoms with E-state index >= 15 is 0 Å². The Kier molecular flexibility index (Phi) is 6.78. The summed E-state index contributed by atoms with van der Waals surface area (Å²) >= 11 is 6.19. The lowest BCUT2D eigenvalue weighted by Crippen LogP contribution is -2.36. The number of hydrogen-bond donors (Lipinski definition) is 0. The van der Waals surface area contributed by atoms with Crippen LogP contribution in [0.4, 0.5) is 0 Å². The van der Waals surface area contributed by atoms with E-state index in [2.05, 4.69) is 4.90 Å². The minimum Gasteiger partial charge on any atom is -0.340 e. The summed E-state index contributed by atoms with van der Waals surface area (Å²) in [4.78, 5) is 16.8. The summed E-state index contributed by atoms with van der Waals surface area (Å²) in [6.07, 6.45) is 5.18. The van der Waals surface area contributed by atoms with Gasteiger partial charge in [-0.05, 0) is 57.0 Å². The molecule has 150 valence electrons. The first-order chi connectivity index (χ1) is 12.9. The van der Waals surface area contributed by atoms with Gasteiger partial charge in [0.25, 0.3) is 5.91 Å². The number of halogens is 1. The molecule has 6 nitrogen and oxygen atoms in total. The molecule has 2 aliphatic heterocycles. The van der Waals surface area contributed by atoms with Crippen LogP contribution in [0.1, 0.15) is 42.5 Å². The number of sulfonamides is 1. The van der Waals surface area contributed by atoms with Crippen molar-refractivity contribution in [2.24, 2.45) is 0 Å². The van der Waals surface area contributed by atoms with Gasteiger partial charge in [-0.1, -0.05) is 18.0 Å². The summed E-state index contributed by atoms with van der Waals surface area (Å²) in [5, 5.41) is 0.164. The highest BCUT2D eigenvalue weighted by Crippen LogP contribution is 2.28. The van der Waals surface area contributed by atoms with Gasteiger partial charge in [-0.2, -0.15) is 4.31 Å². The fourth-order valence-electron chi connectivity index (χ4n) is 3.70. The van der Waals surface area contributed by atoms with E-state index < -0.39 is 10.0 Å². The summed E-state index contributed by atoms with van der Waals surface area (Å²) in [7, 11) is -1.92. The van der Waals surface area contributed by atoms with Crippen LogP contribution in [0, 0.1) is 0 Å². The number of carbonyl (C=O) groups is 1. The van der Waals surface area contributed by atoms with Gasteiger partial charge in [0.1, 0.15) is 4.90 Å². The van der Waals surface area contributed by atoms with Crippen LogP contribution in [0.2, 0.25) is 5.02 Å². The number of hydrogen-bond acceptors (Lipinski definition) is 4. The average Bonchev–Trinajstić information content (AvgIpc) is 3.20. The Balaban J connectivity index is 1.74. The van der Waals surface area contributed by atoms with E-state index in [1.54, 1.807) is 18.0 Å². The molecule has 0 bridgehead atoms. The van der Waals surface area contributed by atoms with Gasteiger partial charge >= 0.3 is 0 Å². The third-order valence-electron chi connectivity index (χ3n) is 5.41. The van der Waals surface area contributed by atoms with Crippen LogP contribution in [0.5, 0.6) is 0 Å². The highest BCUT2D eigenvalue weighted by atomic mass is 35.5. The van der Waals surface area contributed by atoms with Crippen LogP contribution < -0.4 is 0 Å². The fourth-order valence-corrected chi connectivity index (χ4v) is 5.72. The number of rotatable bonds is 6. The monoisotopic (exact) mass is 413 g/mol. The molecule has 1 amide bonds. The summed E-state index contributed by atoms with van der Waals surface area (Å²) in [6, 6.07) is 4.55. The first kappa shape index (κ1) is 20.6. The van der Waals surface area contributed by atoms with Crippen LogP contribution in [0.3, 0.4) is 0 Å². The maximum absolute atomic E-state index is 13.0. The zero-order chi connectivity index (χ0) is 19.4. The second kappa shape index (κ2) is 8.90. The van der Waals surface area contributed by atoms with Crippen molar-refractivity contribution in [1.29, 1.82) is 0 Å². The smallest absolute Gasteiger partial charge is 0.253 e. The molecule has 0 unspecified atom stereocenters. The van der Waals surface area contributed by atoms with Gasteiger partial charge in [0.15, 0.2) is 0 Å². The van der Waals surface area contributed by atoms with E-state index in [0.29, 0.717) is 25.2 Å². The van der Waals surface area contributed by atoms with Crippen LogP contribution in [0.15, 0.2) is 23.1 Å². The second-order valence-electron chi connectivity index (χ2n) is 7.39. The number of benzene rings is 1. The predicted molar refractivity (Wildman–Crippen MR) is 107 cm³/mol. The lowest BCUT2D eigenvalue weighted by atomic mass is 10.2. The van der Waals surface area contributed by atoms with E-state index in [1.807, 2.05) is 0 Å². The minimum atomic E-state index is -3.68. The summed E-state index contributed by atoms with van der Waals surface area (Å²) in [6.45, 7) is 4.64. The molecule has 2 heterocycles. The third-order valence-corrected chi connectivity index (χ3v) is 7.79. The molecule has 0 N–H and O–H groups in total. The van der Waals surface area contributed by atoms with Gasteiger partial charge in [0.05, 0.1) is 5.02 Å². The van der Waals surface area contributed by atoms with Crippen molar-refractivity contribution in [3.63, 3.8) is 0 Å². The first-order valence-corrected chi connectivity index (χ1v) is 11.5. The van der Waals surface area contributed by atoms with Gasteiger partial charge in [-0.25, -0.2) is 8.42 Å². The Morgan fingerprint density at radius 2 is 1.70 bits per heavy atom. The first-order valence-electron chi connectivity index (χ1n) is 9.67. The maximum Gasteiger partial charge on any atom is 0.253 e. The third kappa shape index (κ3) is 4.83. The molecule has 0 aromatic heterocycles. The number of likely N-dealkylation sites (tertiary alicyclic amines) is 1. The van der Waals surface area contributed by atoms with Gasteiger partial charge in [0, 0.05) is 38.8 Å². The van der Waals surface area contributed by atoms with Crippen molar-refractivity contribution in [1.82, 2.24) is 14.1 Å². The Labute approximate surface area is 167 Å². The zero-order valence-electron chi connectivity index (χ0n) is 15.9. The van der Waals surface area contributed by atoms with Crippen molar-refractivity contribution in [3.8, 4) is 0 Å². The molecule has 0 saturated carbocycles. The average molecular weight is 414 g/mol. The van der Waals surface area contributed by atoms with E-state index in [1.165, 1.54) is 29.3 Å². The molecule has 27 heavy (non-hydrogen) atoms. The van der Waals surface area contributed by atoms with Crippen molar-refractivity contribution >= 4 is 27.5 Å². The summed E-state index contributed by atoms with van der Waals surface area (Å²) < 4.78 is 27.4. The molecule has 8 heteroatoms. The van der Waals surface area contributed by atoms with Crippen LogP contribution in [0.25, 0.3) is 0 Å². The molecule has 1 aromatic rings. The molecule has 0 aliphatic carbocycles. The van der Waals surface area contributed by atoms with Crippen molar-refractivity contribution in [2.75, 3.05) is 46.3 Å². The number of piperidine rings is 1. The zero-order valence-corrected chi connectivity index (χ0v) is 17.4. The maximum atomic E-state index is 13.0. The predicted octanol–water partition coefficient (Wildman–Crippen LogP) is 2.68. The summed E-state index contributed by atoms with van der Waals surface area (Å²) in [5.74, 6) is -0.180. The second-order valence-corrected chi connectivity index (χ2v) is 9.70. The van der Waals surface area contributed by atoms with Gasteiger partial charge in [-0.3, -0.25) is 4.79 Å². The Morgan fingerprint density at radius 3 is 2.37 bits per heavy atom. The molecule has 2 saturated heterocycles. The van der Waals surface area contributed by atoms with Crippen LogP contribution in [-0.4, -0.2) is 74.7 Å². The topological polar surface area (TPSA) is 60.9 Å². The van der Waals surface area contributed by atoms with Crippen molar-refractivity contribution in [3.05, 3.63) is 28.8 Å². The Bertz CT molecular complexity index is 772. The van der Waals surface area contributed by atoms with E-state index in [0.717, 1.165) is 38.9 Å². The van der Waals surface area contributed by atoms with Crippen molar-refractivity contribution in [2.45, 2.75) is 37.0 Å². The molecule has 0 radical (unpaired) electrons. The standard InChI is InChI=1S/C19H28ClN3O3S/c1-21(13-14-22-9-5-6-10-22)19(24)16-7-8-17(20)18(15-16)27(25,26)23-11-3-2-4-12-23/h7-8,15H,2-6,9-14H2,1H3. The lowest BCUT2D eigenvalue weighted by molar-refractivity contribution is 0.0782. The Hall–Kier alpha value is -1.15. The molecule has 0 atom stereocenters. The SMILES string of the molecule is CN(CCN1CCCC1)C(=O)c1ccc(Cl)c(S(=O)(=O)N2CCCCC2)c1. The largest absolute Gasteiger partial charge is 0.340 e. The normalized spacial score (nSPS) is 19.3. The molecular formula is C19H28ClN3O3S. The van der Waals surface area contributed by atoms with E-state index in [9.17, 15) is 13.2 Å². The molecular weight excluding hydrogens is 386 g/mol. The Morgan fingerprint density at radius 1 is 1.07 bits per heavy atom. The number of amides is 1. The van der Waals surface area contributed by atoms with E-state index in [4.69, 9.17) is 11.6 Å². The van der Waals surface area contributed by atoms with Gasteiger partial charge < -0.3 is 9.80 Å². The number of carbonyl (C=O) groups excluding carboxylic acids is 1. The van der Waals surface area contributed by atoms with Gasteiger partial charge in [0.2, 0.25) is 10.0 Å². The fraction of sp³-hybridized carbons (Fsp3) is 0.632. The van der Waals surface area contributed by atoms with E-state index in [-0.39, 0.29) is 15.8 Å². The van der Waals surface area contributed by atoms with Gasteiger partial charge in [-0.15, -0.1) is 0 Å². The molecule has 3 rings (SSSR count). The highest BCUT2D eigenvalue weighted by molar-refractivity contribution is 7.89. The number of likely N-dealkylation sites (N-methyl/N-ethyl adjacent to an activating group) is 1. The number of nitrogens with zero attached hydrogens (tertiary/aromatic N) is 3. The molecule has 2 fully saturated rings.